The highest BCUT2D eigenvalue weighted by Gasteiger charge is 2.24. The molecular formula is C15H18N6O. The lowest BCUT2D eigenvalue weighted by atomic mass is 10.1. The van der Waals surface area contributed by atoms with Crippen LogP contribution in [-0.4, -0.2) is 35.8 Å². The van der Waals surface area contributed by atoms with Crippen molar-refractivity contribution < 1.29 is 0 Å². The second-order valence-corrected chi connectivity index (χ2v) is 5.79. The Kier molecular flexibility index (Phi) is 2.90. The van der Waals surface area contributed by atoms with Gasteiger partial charge in [-0.15, -0.1) is 0 Å². The predicted octanol–water partition coefficient (Wildman–Crippen LogP) is 1.03. The van der Waals surface area contributed by atoms with Gasteiger partial charge in [-0.3, -0.25) is 14.4 Å². The largest absolute Gasteiger partial charge is 0.349 e. The number of rotatable bonds is 2. The summed E-state index contributed by atoms with van der Waals surface area (Å²) in [6.45, 7) is 4.72. The van der Waals surface area contributed by atoms with Gasteiger partial charge in [0.2, 0.25) is 0 Å². The molecule has 0 saturated heterocycles. The summed E-state index contributed by atoms with van der Waals surface area (Å²) in [5.41, 5.74) is 1.81. The maximum Gasteiger partial charge on any atom is 0.262 e. The van der Waals surface area contributed by atoms with Crippen molar-refractivity contribution in [2.75, 3.05) is 6.54 Å². The van der Waals surface area contributed by atoms with Gasteiger partial charge in [0.15, 0.2) is 5.65 Å². The van der Waals surface area contributed by atoms with Gasteiger partial charge >= 0.3 is 0 Å². The average Bonchev–Trinajstić information content (AvgIpc) is 3.10. The zero-order valence-corrected chi connectivity index (χ0v) is 12.7. The molecule has 0 radical (unpaired) electrons. The Morgan fingerprint density at radius 3 is 3.14 bits per heavy atom. The summed E-state index contributed by atoms with van der Waals surface area (Å²) in [6, 6.07) is 4.53. The minimum absolute atomic E-state index is 0.124. The normalized spacial score (nSPS) is 18.7. The van der Waals surface area contributed by atoms with Crippen molar-refractivity contribution in [3.05, 3.63) is 46.4 Å². The van der Waals surface area contributed by atoms with Gasteiger partial charge in [0.05, 0.1) is 12.7 Å². The van der Waals surface area contributed by atoms with Crippen LogP contribution in [0.4, 0.5) is 0 Å². The fourth-order valence-corrected chi connectivity index (χ4v) is 3.19. The molecular weight excluding hydrogens is 280 g/mol. The third-order valence-electron chi connectivity index (χ3n) is 4.47. The number of H-pyrrole nitrogens is 1. The molecule has 3 aromatic heterocycles. The number of aryl methyl sites for hydroxylation is 1. The molecule has 4 rings (SSSR count). The molecule has 7 nitrogen and oxygen atoms in total. The lowest BCUT2D eigenvalue weighted by Crippen LogP contribution is -2.36. The highest BCUT2D eigenvalue weighted by molar-refractivity contribution is 5.72. The summed E-state index contributed by atoms with van der Waals surface area (Å²) in [5.74, 6) is 0.688. The molecule has 0 saturated carbocycles. The van der Waals surface area contributed by atoms with Gasteiger partial charge in [0, 0.05) is 38.1 Å². The standard InChI is InChI=1S/C15H18N6O/c1-10-12-4-3-5-20(12)6-7-21(10)9-13-17-14-11(15(22)18-13)8-16-19(14)2/h3-5,8,10H,6-7,9H2,1-2H3,(H,17,18,22). The first kappa shape index (κ1) is 13.3. The van der Waals surface area contributed by atoms with Gasteiger partial charge in [-0.2, -0.15) is 5.10 Å². The molecule has 1 unspecified atom stereocenters. The molecule has 1 aliphatic rings. The van der Waals surface area contributed by atoms with Gasteiger partial charge in [-0.05, 0) is 19.1 Å². The van der Waals surface area contributed by atoms with Crippen molar-refractivity contribution in [2.24, 2.45) is 7.05 Å². The monoisotopic (exact) mass is 298 g/mol. The summed E-state index contributed by atoms with van der Waals surface area (Å²) in [7, 11) is 1.80. The summed E-state index contributed by atoms with van der Waals surface area (Å²) in [4.78, 5) is 21.9. The second kappa shape index (κ2) is 4.81. The van der Waals surface area contributed by atoms with Crippen LogP contribution in [-0.2, 0) is 20.1 Å². The molecule has 1 aliphatic heterocycles. The second-order valence-electron chi connectivity index (χ2n) is 5.79. The topological polar surface area (TPSA) is 71.7 Å². The van der Waals surface area contributed by atoms with E-state index < -0.39 is 0 Å². The van der Waals surface area contributed by atoms with Crippen LogP contribution < -0.4 is 5.56 Å². The van der Waals surface area contributed by atoms with Gasteiger partial charge in [0.1, 0.15) is 11.2 Å². The highest BCUT2D eigenvalue weighted by Crippen LogP contribution is 2.26. The van der Waals surface area contributed by atoms with E-state index >= 15 is 0 Å². The van der Waals surface area contributed by atoms with Crippen LogP contribution in [0.25, 0.3) is 11.0 Å². The van der Waals surface area contributed by atoms with Gasteiger partial charge in [-0.25, -0.2) is 4.98 Å². The van der Waals surface area contributed by atoms with Crippen molar-refractivity contribution in [1.29, 1.82) is 0 Å². The average molecular weight is 298 g/mol. The van der Waals surface area contributed by atoms with Crippen LogP contribution in [0.2, 0.25) is 0 Å². The molecule has 114 valence electrons. The van der Waals surface area contributed by atoms with Crippen molar-refractivity contribution in [2.45, 2.75) is 26.1 Å². The maximum atomic E-state index is 12.1. The van der Waals surface area contributed by atoms with E-state index in [-0.39, 0.29) is 5.56 Å². The third-order valence-corrected chi connectivity index (χ3v) is 4.47. The van der Waals surface area contributed by atoms with E-state index in [1.165, 1.54) is 5.69 Å². The summed E-state index contributed by atoms with van der Waals surface area (Å²) in [6.07, 6.45) is 3.67. The molecule has 4 heterocycles. The predicted molar refractivity (Wildman–Crippen MR) is 82.4 cm³/mol. The highest BCUT2D eigenvalue weighted by atomic mass is 16.1. The summed E-state index contributed by atoms with van der Waals surface area (Å²) in [5, 5.41) is 4.63. The van der Waals surface area contributed by atoms with Crippen LogP contribution in [0.15, 0.2) is 29.3 Å². The Bertz CT molecular complexity index is 889. The number of nitrogens with one attached hydrogen (secondary N) is 1. The van der Waals surface area contributed by atoms with E-state index in [2.05, 4.69) is 49.8 Å². The van der Waals surface area contributed by atoms with E-state index in [1.54, 1.807) is 17.9 Å². The summed E-state index contributed by atoms with van der Waals surface area (Å²) >= 11 is 0. The molecule has 1 atom stereocenters. The molecule has 7 heteroatoms. The van der Waals surface area contributed by atoms with Crippen molar-refractivity contribution >= 4 is 11.0 Å². The zero-order chi connectivity index (χ0) is 15.3. The van der Waals surface area contributed by atoms with E-state index in [1.807, 2.05) is 0 Å². The van der Waals surface area contributed by atoms with Gasteiger partial charge in [0.25, 0.3) is 5.56 Å². The van der Waals surface area contributed by atoms with Crippen LogP contribution in [0.5, 0.6) is 0 Å². The number of aromatic amines is 1. The Labute approximate surface area is 127 Å². The molecule has 0 aromatic carbocycles. The van der Waals surface area contributed by atoms with E-state index in [0.717, 1.165) is 13.1 Å². The molecule has 0 spiro atoms. The van der Waals surface area contributed by atoms with Crippen LogP contribution in [0.1, 0.15) is 24.5 Å². The molecule has 0 bridgehead atoms. The first-order valence-corrected chi connectivity index (χ1v) is 7.43. The fourth-order valence-electron chi connectivity index (χ4n) is 3.19. The molecule has 0 aliphatic carbocycles. The number of nitrogens with zero attached hydrogens (tertiary/aromatic N) is 5. The molecule has 0 fully saturated rings. The number of aromatic nitrogens is 5. The minimum atomic E-state index is -0.124. The minimum Gasteiger partial charge on any atom is -0.349 e. The van der Waals surface area contributed by atoms with E-state index in [0.29, 0.717) is 29.4 Å². The van der Waals surface area contributed by atoms with Crippen molar-refractivity contribution in [3.63, 3.8) is 0 Å². The number of hydrogen-bond acceptors (Lipinski definition) is 4. The lowest BCUT2D eigenvalue weighted by Gasteiger charge is -2.34. The van der Waals surface area contributed by atoms with Gasteiger partial charge < -0.3 is 9.55 Å². The van der Waals surface area contributed by atoms with Crippen LogP contribution in [0.3, 0.4) is 0 Å². The molecule has 0 amide bonds. The SMILES string of the molecule is CC1c2cccn2CCN1Cc1nc2c(cnn2C)c(=O)[nH]1. The van der Waals surface area contributed by atoms with E-state index in [9.17, 15) is 4.79 Å². The lowest BCUT2D eigenvalue weighted by molar-refractivity contribution is 0.157. The first-order valence-electron chi connectivity index (χ1n) is 7.43. The third kappa shape index (κ3) is 1.97. The molecule has 3 aromatic rings. The molecule has 22 heavy (non-hydrogen) atoms. The Morgan fingerprint density at radius 2 is 2.27 bits per heavy atom. The van der Waals surface area contributed by atoms with Crippen molar-refractivity contribution in [3.8, 4) is 0 Å². The zero-order valence-electron chi connectivity index (χ0n) is 12.7. The number of hydrogen-bond donors (Lipinski definition) is 1. The Hall–Kier alpha value is -2.41. The van der Waals surface area contributed by atoms with E-state index in [4.69, 9.17) is 0 Å². The first-order chi connectivity index (χ1) is 10.6. The quantitative estimate of drug-likeness (QED) is 0.767. The Balaban J connectivity index is 1.67. The molecule has 1 N–H and O–H groups in total. The van der Waals surface area contributed by atoms with Gasteiger partial charge in [-0.1, -0.05) is 0 Å². The Morgan fingerprint density at radius 1 is 1.41 bits per heavy atom. The fraction of sp³-hybridized carbons (Fsp3) is 0.400. The smallest absolute Gasteiger partial charge is 0.262 e. The maximum absolute atomic E-state index is 12.1. The van der Waals surface area contributed by atoms with Crippen molar-refractivity contribution in [1.82, 2.24) is 29.2 Å². The summed E-state index contributed by atoms with van der Waals surface area (Å²) < 4.78 is 3.92. The van der Waals surface area contributed by atoms with Crippen LogP contribution >= 0.6 is 0 Å². The number of fused-ring (bicyclic) bond motifs is 2. The van der Waals surface area contributed by atoms with Crippen LogP contribution in [0, 0.1) is 0 Å².